The average Bonchev–Trinajstić information content (AvgIpc) is 3.03. The number of nitrogens with one attached hydrogen (secondary N) is 1. The zero-order valence-electron chi connectivity index (χ0n) is 22.7. The molecule has 5 heteroatoms. The van der Waals surface area contributed by atoms with E-state index in [9.17, 15) is 0 Å². The van der Waals surface area contributed by atoms with Crippen LogP contribution in [0.1, 0.15) is 40.8 Å². The van der Waals surface area contributed by atoms with Gasteiger partial charge in [-0.25, -0.2) is 0 Å². The maximum Gasteiger partial charge on any atom is 0.847 e. The Balaban J connectivity index is 1.46. The molecular formula is C35H33AlN2O2. The van der Waals surface area contributed by atoms with Crippen molar-refractivity contribution in [2.75, 3.05) is 4.30 Å². The molecule has 0 aliphatic heterocycles. The SMILES string of the molecule is CCc1ccc(N=Cc2ccccc2C([O][Al]([NH]c2ccccc2)[O]Cc2ccccc2)c2ccccc2)cc1. The Kier molecular flexibility index (Phi) is 9.94. The van der Waals surface area contributed by atoms with Crippen molar-refractivity contribution in [1.29, 1.82) is 0 Å². The third-order valence-corrected chi connectivity index (χ3v) is 8.20. The summed E-state index contributed by atoms with van der Waals surface area (Å²) in [5.41, 5.74) is 7.42. The van der Waals surface area contributed by atoms with E-state index in [4.69, 9.17) is 12.6 Å². The van der Waals surface area contributed by atoms with Gasteiger partial charge in [0.2, 0.25) is 0 Å². The monoisotopic (exact) mass is 540 g/mol. The lowest BCUT2D eigenvalue weighted by Crippen LogP contribution is -2.34. The fourth-order valence-electron chi connectivity index (χ4n) is 4.44. The molecule has 198 valence electrons. The van der Waals surface area contributed by atoms with Crippen molar-refractivity contribution in [2.45, 2.75) is 26.1 Å². The summed E-state index contributed by atoms with van der Waals surface area (Å²) in [6.45, 7) is 2.63. The molecule has 0 heterocycles. The highest BCUT2D eigenvalue weighted by molar-refractivity contribution is 6.49. The molecule has 5 aromatic rings. The van der Waals surface area contributed by atoms with Crippen LogP contribution in [-0.2, 0) is 20.6 Å². The number of aliphatic imine (C=N–C) groups is 1. The molecule has 1 unspecified atom stereocenters. The van der Waals surface area contributed by atoms with Gasteiger partial charge in [-0.2, -0.15) is 0 Å². The second kappa shape index (κ2) is 14.4. The minimum absolute atomic E-state index is 0.338. The lowest BCUT2D eigenvalue weighted by atomic mass is 9.97. The molecule has 0 fully saturated rings. The Labute approximate surface area is 242 Å². The van der Waals surface area contributed by atoms with Gasteiger partial charge in [-0.05, 0) is 58.5 Å². The first-order valence-electron chi connectivity index (χ1n) is 13.7. The number of benzene rings is 5. The Hall–Kier alpha value is -3.98. The molecule has 5 aromatic carbocycles. The van der Waals surface area contributed by atoms with E-state index in [2.05, 4.69) is 71.9 Å². The standard InChI is InChI=1S/C22H20NO.C7H7O.C6H6N.Al/c1-2-17-12-14-20(15-13-17)23-16-19-10-6-7-11-21(19)22(24)18-8-4-3-5-9-18;8-6-7-4-2-1-3-5-7;7-6-4-2-1-3-5-6;/h3-16,22H,2H2,1H3;1-5H,6H2;1-5,7H;/q3*-1;+3. The van der Waals surface area contributed by atoms with Gasteiger partial charge >= 0.3 is 15.0 Å². The molecule has 40 heavy (non-hydrogen) atoms. The Morgan fingerprint density at radius 3 is 2.02 bits per heavy atom. The van der Waals surface area contributed by atoms with Crippen LogP contribution in [-0.4, -0.2) is 21.3 Å². The summed E-state index contributed by atoms with van der Waals surface area (Å²) in [7, 11) is 0. The first kappa shape index (κ1) is 27.6. The fourth-order valence-corrected chi connectivity index (χ4v) is 6.03. The van der Waals surface area contributed by atoms with E-state index in [0.717, 1.165) is 40.0 Å². The van der Waals surface area contributed by atoms with E-state index in [0.29, 0.717) is 6.61 Å². The minimum atomic E-state index is -2.43. The van der Waals surface area contributed by atoms with Gasteiger partial charge < -0.3 is 11.9 Å². The molecule has 0 bridgehead atoms. The average molecular weight is 541 g/mol. The predicted molar refractivity (Wildman–Crippen MR) is 166 cm³/mol. The largest absolute Gasteiger partial charge is 0.847 e. The number of anilines is 1. The van der Waals surface area contributed by atoms with Crippen molar-refractivity contribution in [2.24, 2.45) is 4.99 Å². The van der Waals surface area contributed by atoms with E-state index in [1.54, 1.807) is 0 Å². The minimum Gasteiger partial charge on any atom is -0.456 e. The van der Waals surface area contributed by atoms with Crippen molar-refractivity contribution >= 4 is 32.6 Å². The van der Waals surface area contributed by atoms with Crippen LogP contribution in [0.2, 0.25) is 0 Å². The Bertz CT molecular complexity index is 1480. The van der Waals surface area contributed by atoms with Gasteiger partial charge in [0.25, 0.3) is 0 Å². The fraction of sp³-hybridized carbons (Fsp3) is 0.114. The molecule has 4 nitrogen and oxygen atoms in total. The molecule has 0 amide bonds. The Morgan fingerprint density at radius 1 is 0.700 bits per heavy atom. The van der Waals surface area contributed by atoms with E-state index in [1.807, 2.05) is 85.1 Å². The number of aryl methyl sites for hydroxylation is 1. The van der Waals surface area contributed by atoms with Crippen LogP contribution >= 0.6 is 0 Å². The van der Waals surface area contributed by atoms with E-state index in [-0.39, 0.29) is 6.10 Å². The molecule has 0 spiro atoms. The first-order valence-corrected chi connectivity index (χ1v) is 15.2. The molecule has 0 aliphatic carbocycles. The van der Waals surface area contributed by atoms with Crippen LogP contribution in [0.3, 0.4) is 0 Å². The van der Waals surface area contributed by atoms with Crippen LogP contribution in [0.5, 0.6) is 0 Å². The summed E-state index contributed by atoms with van der Waals surface area (Å²) in [6, 6.07) is 47.3. The topological polar surface area (TPSA) is 42.8 Å². The molecule has 5 rings (SSSR count). The quantitative estimate of drug-likeness (QED) is 0.128. The highest BCUT2D eigenvalue weighted by Crippen LogP contribution is 2.30. The molecule has 0 aromatic heterocycles. The molecule has 0 aliphatic rings. The summed E-state index contributed by atoms with van der Waals surface area (Å²) >= 11 is -2.43. The van der Waals surface area contributed by atoms with Crippen molar-refractivity contribution in [1.82, 2.24) is 0 Å². The second-order valence-corrected chi connectivity index (χ2v) is 11.0. The van der Waals surface area contributed by atoms with Crippen molar-refractivity contribution in [3.63, 3.8) is 0 Å². The number of nitrogens with zero attached hydrogens (tertiary/aromatic N) is 1. The van der Waals surface area contributed by atoms with Crippen molar-refractivity contribution in [3.05, 3.63) is 167 Å². The van der Waals surface area contributed by atoms with Crippen LogP contribution in [0.4, 0.5) is 11.4 Å². The zero-order chi connectivity index (χ0) is 27.4. The molecule has 0 saturated carbocycles. The van der Waals surface area contributed by atoms with Crippen LogP contribution in [0.25, 0.3) is 0 Å². The summed E-state index contributed by atoms with van der Waals surface area (Å²) in [6.07, 6.45) is 2.61. The third kappa shape index (κ3) is 7.79. The summed E-state index contributed by atoms with van der Waals surface area (Å²) in [5.74, 6) is 0. The smallest absolute Gasteiger partial charge is 0.456 e. The highest BCUT2D eigenvalue weighted by atomic mass is 27.2. The van der Waals surface area contributed by atoms with Gasteiger partial charge in [0.05, 0.1) is 11.8 Å². The van der Waals surface area contributed by atoms with Gasteiger partial charge in [0.1, 0.15) is 0 Å². The lowest BCUT2D eigenvalue weighted by Gasteiger charge is -2.25. The van der Waals surface area contributed by atoms with Gasteiger partial charge in [-0.1, -0.05) is 122 Å². The maximum atomic E-state index is 6.92. The maximum absolute atomic E-state index is 6.92. The number of rotatable bonds is 12. The number of para-hydroxylation sites is 1. The van der Waals surface area contributed by atoms with Crippen LogP contribution in [0, 0.1) is 0 Å². The second-order valence-electron chi connectivity index (χ2n) is 9.47. The Morgan fingerprint density at radius 2 is 1.32 bits per heavy atom. The molecular weight excluding hydrogens is 507 g/mol. The van der Waals surface area contributed by atoms with Gasteiger partial charge in [0.15, 0.2) is 0 Å². The molecule has 0 radical (unpaired) electrons. The first-order chi connectivity index (χ1) is 19.8. The molecule has 0 saturated heterocycles. The van der Waals surface area contributed by atoms with Crippen molar-refractivity contribution in [3.8, 4) is 0 Å². The van der Waals surface area contributed by atoms with Crippen LogP contribution in [0.15, 0.2) is 145 Å². The highest BCUT2D eigenvalue weighted by Gasteiger charge is 2.34. The van der Waals surface area contributed by atoms with E-state index >= 15 is 0 Å². The predicted octanol–water partition coefficient (Wildman–Crippen LogP) is 8.42. The van der Waals surface area contributed by atoms with Gasteiger partial charge in [0, 0.05) is 18.5 Å². The lowest BCUT2D eigenvalue weighted by molar-refractivity contribution is 0.158. The number of hydrogen-bond donors (Lipinski definition) is 1. The molecule has 1 atom stereocenters. The van der Waals surface area contributed by atoms with E-state index in [1.165, 1.54) is 5.56 Å². The van der Waals surface area contributed by atoms with Crippen LogP contribution < -0.4 is 4.30 Å². The van der Waals surface area contributed by atoms with E-state index < -0.39 is 15.0 Å². The third-order valence-electron chi connectivity index (χ3n) is 6.64. The van der Waals surface area contributed by atoms with Crippen molar-refractivity contribution < 1.29 is 7.58 Å². The summed E-state index contributed by atoms with van der Waals surface area (Å²) < 4.78 is 17.0. The number of hydrogen-bond acceptors (Lipinski definition) is 4. The molecule has 1 N–H and O–H groups in total. The van der Waals surface area contributed by atoms with Gasteiger partial charge in [-0.15, -0.1) is 0 Å². The zero-order valence-corrected chi connectivity index (χ0v) is 23.8. The summed E-state index contributed by atoms with van der Waals surface area (Å²) in [4.78, 5) is 4.80. The van der Waals surface area contributed by atoms with Gasteiger partial charge in [-0.3, -0.25) is 4.99 Å². The summed E-state index contributed by atoms with van der Waals surface area (Å²) in [5, 5.41) is 0. The normalized spacial score (nSPS) is 11.8.